The van der Waals surface area contributed by atoms with Gasteiger partial charge in [0.1, 0.15) is 30.5 Å². The van der Waals surface area contributed by atoms with E-state index < -0.39 is 43.4 Å². The third-order valence-electron chi connectivity index (χ3n) is 13.4. The summed E-state index contributed by atoms with van der Waals surface area (Å²) in [5.41, 5.74) is 0. The smallest absolute Gasteiger partial charge is 0.306 e. The van der Waals surface area contributed by atoms with Crippen molar-refractivity contribution in [1.82, 2.24) is 0 Å². The van der Waals surface area contributed by atoms with Gasteiger partial charge in [0.15, 0.2) is 6.29 Å². The van der Waals surface area contributed by atoms with E-state index in [4.69, 9.17) is 18.9 Å². The van der Waals surface area contributed by atoms with Gasteiger partial charge in [0.25, 0.3) is 0 Å². The molecule has 0 amide bonds. The molecule has 1 aliphatic heterocycles. The largest absolute Gasteiger partial charge is 0.457 e. The monoisotopic (exact) mass is 937 g/mol. The van der Waals surface area contributed by atoms with Gasteiger partial charge in [-0.05, 0) is 44.9 Å². The lowest BCUT2D eigenvalue weighted by molar-refractivity contribution is -0.305. The van der Waals surface area contributed by atoms with Crippen LogP contribution in [0.15, 0.2) is 24.3 Å². The number of unbranched alkanes of at least 4 members (excludes halogenated alkanes) is 35. The average molecular weight is 937 g/mol. The highest BCUT2D eigenvalue weighted by Crippen LogP contribution is 2.23. The zero-order chi connectivity index (χ0) is 47.8. The minimum atomic E-state index is -1.54. The fourth-order valence-electron chi connectivity index (χ4n) is 8.94. The predicted molar refractivity (Wildman–Crippen MR) is 275 cm³/mol. The zero-order valence-electron chi connectivity index (χ0n) is 43.2. The fraction of sp³-hybridized carbons (Fsp3) is 0.912. The Hall–Kier alpha value is -1.33. The molecule has 0 saturated carbocycles. The predicted octanol–water partition coefficient (Wildman–Crippen LogP) is 14.5. The second-order valence-electron chi connectivity index (χ2n) is 19.7. The molecular formula is C57H108O9. The zero-order valence-corrected chi connectivity index (χ0v) is 43.2. The summed E-state index contributed by atoms with van der Waals surface area (Å²) in [5.74, 6) is -0.316. The highest BCUT2D eigenvalue weighted by Gasteiger charge is 2.44. The Morgan fingerprint density at radius 3 is 1.33 bits per heavy atom. The standard InChI is InChI=1S/C57H108O9/c1-3-5-7-9-11-13-15-17-19-21-22-23-24-25-26-27-28-29-31-33-35-37-39-41-43-45-47-63-49-51(50-64-57-56(62)55(61)54(60)52(48-58)66-57)65-53(59)46-44-42-40-38-36-34-32-30-20-18-16-14-12-10-8-6-4-2/h12,14,18,20,51-52,54-58,60-62H,3-11,13,15-17,19,21-50H2,1-2H3/b14-12-,20-18-. The van der Waals surface area contributed by atoms with Gasteiger partial charge in [0.2, 0.25) is 0 Å². The Morgan fingerprint density at radius 1 is 0.485 bits per heavy atom. The molecule has 390 valence electrons. The molecule has 9 heteroatoms. The Kier molecular flexibility index (Phi) is 46.2. The van der Waals surface area contributed by atoms with Crippen molar-refractivity contribution >= 4 is 5.97 Å². The minimum Gasteiger partial charge on any atom is -0.457 e. The molecule has 1 aliphatic rings. The third kappa shape index (κ3) is 38.5. The van der Waals surface area contributed by atoms with Crippen molar-refractivity contribution in [3.63, 3.8) is 0 Å². The maximum atomic E-state index is 12.8. The summed E-state index contributed by atoms with van der Waals surface area (Å²) in [7, 11) is 0. The molecule has 0 bridgehead atoms. The van der Waals surface area contributed by atoms with Crippen molar-refractivity contribution in [1.29, 1.82) is 0 Å². The Morgan fingerprint density at radius 2 is 0.879 bits per heavy atom. The summed E-state index contributed by atoms with van der Waals surface area (Å²) >= 11 is 0. The average Bonchev–Trinajstić information content (AvgIpc) is 3.32. The number of ether oxygens (including phenoxy) is 4. The van der Waals surface area contributed by atoms with E-state index in [0.29, 0.717) is 13.0 Å². The Labute approximate surface area is 407 Å². The molecule has 66 heavy (non-hydrogen) atoms. The number of rotatable bonds is 50. The van der Waals surface area contributed by atoms with E-state index >= 15 is 0 Å². The van der Waals surface area contributed by atoms with Crippen LogP contribution in [0.25, 0.3) is 0 Å². The molecule has 4 N–H and O–H groups in total. The van der Waals surface area contributed by atoms with Crippen LogP contribution in [0.1, 0.15) is 271 Å². The normalized spacial score (nSPS) is 19.4. The van der Waals surface area contributed by atoms with Crippen molar-refractivity contribution in [2.75, 3.05) is 26.4 Å². The van der Waals surface area contributed by atoms with Crippen molar-refractivity contribution in [3.8, 4) is 0 Å². The van der Waals surface area contributed by atoms with Crippen LogP contribution >= 0.6 is 0 Å². The summed E-state index contributed by atoms with van der Waals surface area (Å²) in [5, 5.41) is 40.3. The van der Waals surface area contributed by atoms with Gasteiger partial charge in [-0.1, -0.05) is 244 Å². The van der Waals surface area contributed by atoms with Gasteiger partial charge in [0.05, 0.1) is 19.8 Å². The second kappa shape index (κ2) is 48.7. The molecule has 6 atom stereocenters. The van der Waals surface area contributed by atoms with Crippen molar-refractivity contribution in [2.45, 2.75) is 307 Å². The first kappa shape index (κ1) is 62.7. The van der Waals surface area contributed by atoms with E-state index in [0.717, 1.165) is 44.9 Å². The molecule has 1 rings (SSSR count). The SMILES string of the molecule is CCCCC/C=C\C/C=C\CCCCCCCCCC(=O)OC(COCCCCCCCCCCCCCCCCCCCCCCCCCCCC)COC1OC(CO)C(O)C(O)C1O. The lowest BCUT2D eigenvalue weighted by Crippen LogP contribution is -2.59. The van der Waals surface area contributed by atoms with Gasteiger partial charge in [-0.15, -0.1) is 0 Å². The molecule has 0 aromatic rings. The Bertz CT molecular complexity index is 1070. The van der Waals surface area contributed by atoms with E-state index in [9.17, 15) is 25.2 Å². The van der Waals surface area contributed by atoms with Crippen LogP contribution in [0.5, 0.6) is 0 Å². The van der Waals surface area contributed by atoms with Crippen LogP contribution in [0.3, 0.4) is 0 Å². The number of carbonyl (C=O) groups excluding carboxylic acids is 1. The van der Waals surface area contributed by atoms with Gasteiger partial charge >= 0.3 is 5.97 Å². The number of aliphatic hydroxyl groups is 4. The summed E-state index contributed by atoms with van der Waals surface area (Å²) < 4.78 is 22.9. The van der Waals surface area contributed by atoms with E-state index in [2.05, 4.69) is 38.2 Å². The van der Waals surface area contributed by atoms with Gasteiger partial charge in [-0.25, -0.2) is 0 Å². The maximum Gasteiger partial charge on any atom is 0.306 e. The highest BCUT2D eigenvalue weighted by molar-refractivity contribution is 5.69. The number of carbonyl (C=O) groups is 1. The lowest BCUT2D eigenvalue weighted by atomic mass is 9.99. The van der Waals surface area contributed by atoms with Crippen LogP contribution in [-0.4, -0.2) is 89.6 Å². The topological polar surface area (TPSA) is 135 Å². The molecule has 6 unspecified atom stereocenters. The van der Waals surface area contributed by atoms with Gasteiger partial charge < -0.3 is 39.4 Å². The summed E-state index contributed by atoms with van der Waals surface area (Å²) in [4.78, 5) is 12.8. The number of hydrogen-bond donors (Lipinski definition) is 4. The van der Waals surface area contributed by atoms with Crippen LogP contribution in [-0.2, 0) is 23.7 Å². The molecule has 0 aliphatic carbocycles. The van der Waals surface area contributed by atoms with Crippen molar-refractivity contribution < 1.29 is 44.2 Å². The fourth-order valence-corrected chi connectivity index (χ4v) is 8.94. The minimum absolute atomic E-state index is 0.112. The van der Waals surface area contributed by atoms with Gasteiger partial charge in [0, 0.05) is 13.0 Å². The van der Waals surface area contributed by atoms with E-state index in [1.807, 2.05) is 0 Å². The lowest BCUT2D eigenvalue weighted by Gasteiger charge is -2.39. The molecule has 1 fully saturated rings. The quantitative estimate of drug-likeness (QED) is 0.0267. The highest BCUT2D eigenvalue weighted by atomic mass is 16.7. The Balaban J connectivity index is 2.12. The summed E-state index contributed by atoms with van der Waals surface area (Å²) in [6.45, 7) is 4.58. The maximum absolute atomic E-state index is 12.8. The van der Waals surface area contributed by atoms with E-state index in [1.165, 1.54) is 205 Å². The first-order valence-corrected chi connectivity index (χ1v) is 28.4. The summed E-state index contributed by atoms with van der Waals surface area (Å²) in [6, 6.07) is 0. The number of hydrogen-bond acceptors (Lipinski definition) is 9. The molecular weight excluding hydrogens is 829 g/mol. The van der Waals surface area contributed by atoms with Crippen molar-refractivity contribution in [2.24, 2.45) is 0 Å². The van der Waals surface area contributed by atoms with Crippen molar-refractivity contribution in [3.05, 3.63) is 24.3 Å². The summed E-state index contributed by atoms with van der Waals surface area (Å²) in [6.07, 6.45) is 52.3. The first-order valence-electron chi connectivity index (χ1n) is 28.4. The van der Waals surface area contributed by atoms with Gasteiger partial charge in [-0.3, -0.25) is 4.79 Å². The number of allylic oxidation sites excluding steroid dienone is 4. The first-order chi connectivity index (χ1) is 32.4. The molecule has 0 radical (unpaired) electrons. The molecule has 0 spiro atoms. The van der Waals surface area contributed by atoms with Crippen LogP contribution < -0.4 is 0 Å². The van der Waals surface area contributed by atoms with Crippen LogP contribution in [0.4, 0.5) is 0 Å². The molecule has 0 aromatic heterocycles. The number of esters is 1. The molecule has 0 aromatic carbocycles. The van der Waals surface area contributed by atoms with E-state index in [1.54, 1.807) is 0 Å². The number of aliphatic hydroxyl groups excluding tert-OH is 4. The molecule has 9 nitrogen and oxygen atoms in total. The second-order valence-corrected chi connectivity index (χ2v) is 19.7. The molecule has 1 saturated heterocycles. The third-order valence-corrected chi connectivity index (χ3v) is 13.4. The van der Waals surface area contributed by atoms with E-state index in [-0.39, 0.29) is 19.2 Å². The van der Waals surface area contributed by atoms with Crippen LogP contribution in [0.2, 0.25) is 0 Å². The van der Waals surface area contributed by atoms with Gasteiger partial charge in [-0.2, -0.15) is 0 Å². The molecule has 1 heterocycles. The van der Waals surface area contributed by atoms with Crippen LogP contribution in [0, 0.1) is 0 Å².